The number of nitrogens with two attached hydrogens (primary N) is 1. The molecule has 2 aromatic rings. The zero-order valence-electron chi connectivity index (χ0n) is 12.6. The maximum atomic E-state index is 5.88. The van der Waals surface area contributed by atoms with Gasteiger partial charge in [0.1, 0.15) is 6.10 Å². The molecule has 1 aromatic carbocycles. The number of ether oxygens (including phenoxy) is 1. The summed E-state index contributed by atoms with van der Waals surface area (Å²) in [7, 11) is 1.69. The quantitative estimate of drug-likeness (QED) is 0.402. The summed E-state index contributed by atoms with van der Waals surface area (Å²) in [5.74, 6) is 0.463. The molecular weight excluding hydrogens is 409 g/mol. The van der Waals surface area contributed by atoms with Gasteiger partial charge in [0.2, 0.25) is 0 Å². The van der Waals surface area contributed by atoms with E-state index in [0.717, 1.165) is 18.5 Å². The molecule has 0 aliphatic rings. The summed E-state index contributed by atoms with van der Waals surface area (Å²) in [5, 5.41) is 5.21. The Labute approximate surface area is 152 Å². The van der Waals surface area contributed by atoms with E-state index in [1.54, 1.807) is 18.4 Å². The predicted octanol–water partition coefficient (Wildman–Crippen LogP) is 3.20. The number of thiophene rings is 1. The highest BCUT2D eigenvalue weighted by Gasteiger charge is 2.08. The summed E-state index contributed by atoms with van der Waals surface area (Å²) in [6.45, 7) is 1.30. The molecule has 0 radical (unpaired) electrons. The summed E-state index contributed by atoms with van der Waals surface area (Å²) in [6.07, 6.45) is 0.893. The van der Waals surface area contributed by atoms with Crippen molar-refractivity contribution in [3.8, 4) is 0 Å². The van der Waals surface area contributed by atoms with Crippen LogP contribution in [-0.4, -0.2) is 26.2 Å². The van der Waals surface area contributed by atoms with Crippen molar-refractivity contribution in [3.63, 3.8) is 0 Å². The molecule has 4 nitrogen and oxygen atoms in total. The standard InChI is InChI=1S/C16H21N3OS.HI/c1-20-15(13-6-3-2-4-7-13)12-19-16(17)18-10-9-14-8-5-11-21-14;/h2-8,11,15H,9-10,12H2,1H3,(H3,17,18,19);1H. The maximum Gasteiger partial charge on any atom is 0.188 e. The number of guanidine groups is 1. The fraction of sp³-hybridized carbons (Fsp3) is 0.312. The minimum absolute atomic E-state index is 0. The zero-order chi connectivity index (χ0) is 14.9. The minimum atomic E-state index is -0.0659. The Hall–Kier alpha value is -1.12. The molecule has 22 heavy (non-hydrogen) atoms. The monoisotopic (exact) mass is 431 g/mol. The Morgan fingerprint density at radius 1 is 1.27 bits per heavy atom. The largest absolute Gasteiger partial charge is 0.375 e. The van der Waals surface area contributed by atoms with Crippen LogP contribution in [0.2, 0.25) is 0 Å². The lowest BCUT2D eigenvalue weighted by atomic mass is 10.1. The molecule has 1 aromatic heterocycles. The first-order valence-corrected chi connectivity index (χ1v) is 7.81. The van der Waals surface area contributed by atoms with E-state index in [1.807, 2.05) is 30.3 Å². The molecule has 0 spiro atoms. The molecule has 0 aliphatic heterocycles. The Bertz CT molecular complexity index is 546. The van der Waals surface area contributed by atoms with Crippen LogP contribution in [-0.2, 0) is 11.2 Å². The molecule has 3 N–H and O–H groups in total. The van der Waals surface area contributed by atoms with Gasteiger partial charge in [-0.3, -0.25) is 4.99 Å². The molecule has 1 unspecified atom stereocenters. The lowest BCUT2D eigenvalue weighted by Crippen LogP contribution is -2.33. The topological polar surface area (TPSA) is 59.6 Å². The first-order chi connectivity index (χ1) is 10.3. The van der Waals surface area contributed by atoms with E-state index in [4.69, 9.17) is 10.5 Å². The van der Waals surface area contributed by atoms with Crippen molar-refractivity contribution in [2.24, 2.45) is 10.7 Å². The number of halogens is 1. The fourth-order valence-electron chi connectivity index (χ4n) is 1.99. The highest BCUT2D eigenvalue weighted by Crippen LogP contribution is 2.16. The Morgan fingerprint density at radius 2 is 2.05 bits per heavy atom. The maximum absolute atomic E-state index is 5.88. The summed E-state index contributed by atoms with van der Waals surface area (Å²) in [4.78, 5) is 5.69. The van der Waals surface area contributed by atoms with Crippen LogP contribution in [0.15, 0.2) is 52.8 Å². The van der Waals surface area contributed by atoms with E-state index in [2.05, 4.69) is 27.8 Å². The molecule has 1 heterocycles. The van der Waals surface area contributed by atoms with Gasteiger partial charge in [0, 0.05) is 18.5 Å². The first-order valence-electron chi connectivity index (χ1n) is 6.93. The van der Waals surface area contributed by atoms with Gasteiger partial charge in [-0.25, -0.2) is 0 Å². The molecule has 120 valence electrons. The second-order valence-electron chi connectivity index (χ2n) is 4.62. The van der Waals surface area contributed by atoms with Gasteiger partial charge in [-0.1, -0.05) is 36.4 Å². The van der Waals surface area contributed by atoms with Crippen LogP contribution in [0.1, 0.15) is 16.5 Å². The van der Waals surface area contributed by atoms with Gasteiger partial charge < -0.3 is 15.8 Å². The smallest absolute Gasteiger partial charge is 0.188 e. The van der Waals surface area contributed by atoms with Gasteiger partial charge in [0.05, 0.1) is 6.54 Å². The van der Waals surface area contributed by atoms with E-state index in [9.17, 15) is 0 Å². The third-order valence-electron chi connectivity index (χ3n) is 3.14. The van der Waals surface area contributed by atoms with Gasteiger partial charge >= 0.3 is 0 Å². The third kappa shape index (κ3) is 6.33. The van der Waals surface area contributed by atoms with Crippen molar-refractivity contribution in [2.45, 2.75) is 12.5 Å². The van der Waals surface area contributed by atoms with Crippen molar-refractivity contribution in [1.29, 1.82) is 0 Å². The summed E-state index contributed by atoms with van der Waals surface area (Å²) in [6, 6.07) is 14.2. The Morgan fingerprint density at radius 3 is 2.68 bits per heavy atom. The summed E-state index contributed by atoms with van der Waals surface area (Å²) in [5.41, 5.74) is 6.99. The lowest BCUT2D eigenvalue weighted by molar-refractivity contribution is 0.111. The summed E-state index contributed by atoms with van der Waals surface area (Å²) < 4.78 is 5.46. The number of methoxy groups -OCH3 is 1. The highest BCUT2D eigenvalue weighted by atomic mass is 127. The van der Waals surface area contributed by atoms with Crippen molar-refractivity contribution in [2.75, 3.05) is 20.2 Å². The van der Waals surface area contributed by atoms with Crippen LogP contribution in [0.4, 0.5) is 0 Å². The molecule has 0 saturated heterocycles. The summed E-state index contributed by atoms with van der Waals surface area (Å²) >= 11 is 1.75. The van der Waals surface area contributed by atoms with Crippen molar-refractivity contribution in [1.82, 2.24) is 5.32 Å². The SMILES string of the molecule is COC(CN=C(N)NCCc1cccs1)c1ccccc1.I. The van der Waals surface area contributed by atoms with Crippen LogP contribution >= 0.6 is 35.3 Å². The first kappa shape index (κ1) is 18.9. The molecule has 6 heteroatoms. The van der Waals surface area contributed by atoms with Crippen LogP contribution < -0.4 is 11.1 Å². The van der Waals surface area contributed by atoms with Crippen molar-refractivity contribution in [3.05, 3.63) is 58.3 Å². The fourth-order valence-corrected chi connectivity index (χ4v) is 2.70. The van der Waals surface area contributed by atoms with Gasteiger partial charge in [0.25, 0.3) is 0 Å². The third-order valence-corrected chi connectivity index (χ3v) is 4.08. The van der Waals surface area contributed by atoms with E-state index < -0.39 is 0 Å². The average Bonchev–Trinajstić information content (AvgIpc) is 3.02. The number of aliphatic imine (C=N–C) groups is 1. The number of hydrogen-bond donors (Lipinski definition) is 2. The zero-order valence-corrected chi connectivity index (χ0v) is 15.7. The van der Waals surface area contributed by atoms with Gasteiger partial charge in [-0.05, 0) is 23.4 Å². The molecular formula is C16H22IN3OS. The van der Waals surface area contributed by atoms with Crippen molar-refractivity contribution < 1.29 is 4.74 Å². The van der Waals surface area contributed by atoms with E-state index >= 15 is 0 Å². The normalized spacial score (nSPS) is 12.5. The van der Waals surface area contributed by atoms with Gasteiger partial charge in [-0.2, -0.15) is 0 Å². The van der Waals surface area contributed by atoms with Gasteiger partial charge in [0.15, 0.2) is 5.96 Å². The molecule has 2 rings (SSSR count). The Kier molecular flexibility index (Phi) is 9.10. The minimum Gasteiger partial charge on any atom is -0.375 e. The molecule has 0 aliphatic carbocycles. The number of hydrogen-bond acceptors (Lipinski definition) is 3. The number of nitrogens with zero attached hydrogens (tertiary/aromatic N) is 1. The number of nitrogens with one attached hydrogen (secondary N) is 1. The van der Waals surface area contributed by atoms with Gasteiger partial charge in [-0.15, -0.1) is 35.3 Å². The molecule has 1 atom stereocenters. The average molecular weight is 431 g/mol. The van der Waals surface area contributed by atoms with Crippen LogP contribution in [0, 0.1) is 0 Å². The highest BCUT2D eigenvalue weighted by molar-refractivity contribution is 14.0. The van der Waals surface area contributed by atoms with Crippen LogP contribution in [0.5, 0.6) is 0 Å². The number of benzene rings is 1. The molecule has 0 bridgehead atoms. The van der Waals surface area contributed by atoms with E-state index in [1.165, 1.54) is 4.88 Å². The van der Waals surface area contributed by atoms with E-state index in [-0.39, 0.29) is 30.1 Å². The molecule has 0 amide bonds. The predicted molar refractivity (Wildman–Crippen MR) is 104 cm³/mol. The second kappa shape index (κ2) is 10.6. The number of rotatable bonds is 7. The van der Waals surface area contributed by atoms with Crippen LogP contribution in [0.3, 0.4) is 0 Å². The van der Waals surface area contributed by atoms with E-state index in [0.29, 0.717) is 12.5 Å². The lowest BCUT2D eigenvalue weighted by Gasteiger charge is -2.14. The second-order valence-corrected chi connectivity index (χ2v) is 5.65. The molecule has 0 saturated carbocycles. The molecule has 0 fully saturated rings. The van der Waals surface area contributed by atoms with Crippen molar-refractivity contribution >= 4 is 41.3 Å². The Balaban J connectivity index is 0.00000242. The van der Waals surface area contributed by atoms with Crippen LogP contribution in [0.25, 0.3) is 0 Å².